The Bertz CT molecular complexity index is 325. The molecule has 0 atom stereocenters. The van der Waals surface area contributed by atoms with E-state index in [1.54, 1.807) is 12.1 Å². The average Bonchev–Trinajstić information content (AvgIpc) is 2.19. The molecule has 0 aliphatic carbocycles. The summed E-state index contributed by atoms with van der Waals surface area (Å²) in [6, 6.07) is 7.21. The number of hydrogen-bond acceptors (Lipinski definition) is 2. The molecule has 0 spiro atoms. The average molecular weight is 175 g/mol. The van der Waals surface area contributed by atoms with Gasteiger partial charge in [0.15, 0.2) is 0 Å². The summed E-state index contributed by atoms with van der Waals surface area (Å²) in [6.45, 7) is 0.455. The summed E-state index contributed by atoms with van der Waals surface area (Å²) in [4.78, 5) is 13.0. The van der Waals surface area contributed by atoms with Crippen LogP contribution in [0.1, 0.15) is 15.9 Å². The highest BCUT2D eigenvalue weighted by Gasteiger charge is 1.92. The fourth-order valence-corrected chi connectivity index (χ4v) is 0.987. The summed E-state index contributed by atoms with van der Waals surface area (Å²) in [7, 11) is 0. The Morgan fingerprint density at radius 2 is 2.08 bits per heavy atom. The maximum atomic E-state index is 10.3. The van der Waals surface area contributed by atoms with E-state index in [2.05, 4.69) is 10.0 Å². The second-order valence-electron chi connectivity index (χ2n) is 2.56. The minimum Gasteiger partial charge on any atom is -0.298 e. The molecule has 0 aromatic heterocycles. The maximum Gasteiger partial charge on any atom is 0.150 e. The normalized spacial score (nSPS) is 8.92. The van der Waals surface area contributed by atoms with Crippen molar-refractivity contribution < 1.29 is 4.79 Å². The van der Waals surface area contributed by atoms with Crippen LogP contribution >= 0.6 is 0 Å². The fraction of sp³-hybridized carbons (Fsp3) is 0.222. The van der Waals surface area contributed by atoms with Crippen LogP contribution in [0.25, 0.3) is 10.4 Å². The molecule has 1 rings (SSSR count). The molecule has 0 bridgehead atoms. The Labute approximate surface area is 75.8 Å². The first-order valence-electron chi connectivity index (χ1n) is 3.92. The topological polar surface area (TPSA) is 65.8 Å². The van der Waals surface area contributed by atoms with Crippen molar-refractivity contribution in [2.75, 3.05) is 6.54 Å². The molecular weight excluding hydrogens is 166 g/mol. The quantitative estimate of drug-likeness (QED) is 0.300. The van der Waals surface area contributed by atoms with Crippen molar-refractivity contribution >= 4 is 6.29 Å². The van der Waals surface area contributed by atoms with E-state index in [1.165, 1.54) is 0 Å². The van der Waals surface area contributed by atoms with E-state index in [-0.39, 0.29) is 0 Å². The first kappa shape index (κ1) is 9.29. The highest BCUT2D eigenvalue weighted by Crippen LogP contribution is 2.03. The monoisotopic (exact) mass is 175 g/mol. The van der Waals surface area contributed by atoms with Gasteiger partial charge in [-0.1, -0.05) is 29.4 Å². The van der Waals surface area contributed by atoms with E-state index < -0.39 is 0 Å². The summed E-state index contributed by atoms with van der Waals surface area (Å²) in [6.07, 6.45) is 1.51. The zero-order valence-electron chi connectivity index (χ0n) is 7.05. The molecule has 0 N–H and O–H groups in total. The van der Waals surface area contributed by atoms with E-state index >= 15 is 0 Å². The van der Waals surface area contributed by atoms with E-state index in [1.807, 2.05) is 12.1 Å². The van der Waals surface area contributed by atoms with E-state index in [0.717, 1.165) is 11.8 Å². The number of nitrogens with zero attached hydrogens (tertiary/aromatic N) is 3. The number of carbonyl (C=O) groups excluding carboxylic acids is 1. The third-order valence-corrected chi connectivity index (χ3v) is 1.68. The van der Waals surface area contributed by atoms with Gasteiger partial charge in [-0.3, -0.25) is 4.79 Å². The molecule has 66 valence electrons. The van der Waals surface area contributed by atoms with Gasteiger partial charge in [0.2, 0.25) is 0 Å². The summed E-state index contributed by atoms with van der Waals surface area (Å²) in [5.41, 5.74) is 9.77. The van der Waals surface area contributed by atoms with Crippen LogP contribution in [0.15, 0.2) is 29.4 Å². The molecular formula is C9H9N3O. The van der Waals surface area contributed by atoms with Crippen molar-refractivity contribution in [3.63, 3.8) is 0 Å². The minimum atomic E-state index is 0.455. The first-order valence-corrected chi connectivity index (χ1v) is 3.92. The van der Waals surface area contributed by atoms with Crippen LogP contribution in [-0.4, -0.2) is 12.8 Å². The number of rotatable bonds is 4. The Morgan fingerprint density at radius 3 is 2.62 bits per heavy atom. The van der Waals surface area contributed by atoms with Crippen LogP contribution in [0.4, 0.5) is 0 Å². The van der Waals surface area contributed by atoms with Crippen molar-refractivity contribution in [2.45, 2.75) is 6.42 Å². The van der Waals surface area contributed by atoms with Gasteiger partial charge in [0.1, 0.15) is 6.29 Å². The number of azide groups is 1. The van der Waals surface area contributed by atoms with Gasteiger partial charge in [-0.25, -0.2) is 0 Å². The third kappa shape index (κ3) is 2.97. The molecule has 0 radical (unpaired) electrons. The molecule has 13 heavy (non-hydrogen) atoms. The highest BCUT2D eigenvalue weighted by atomic mass is 16.1. The Kier molecular flexibility index (Phi) is 3.54. The smallest absolute Gasteiger partial charge is 0.150 e. The van der Waals surface area contributed by atoms with Gasteiger partial charge in [0, 0.05) is 17.0 Å². The van der Waals surface area contributed by atoms with Crippen LogP contribution in [0.5, 0.6) is 0 Å². The summed E-state index contributed by atoms with van der Waals surface area (Å²) in [5, 5.41) is 3.42. The van der Waals surface area contributed by atoms with Crippen molar-refractivity contribution in [3.05, 3.63) is 45.8 Å². The number of hydrogen-bond donors (Lipinski definition) is 0. The van der Waals surface area contributed by atoms with Gasteiger partial charge in [-0.15, -0.1) is 0 Å². The predicted octanol–water partition coefficient (Wildman–Crippen LogP) is 2.35. The van der Waals surface area contributed by atoms with Gasteiger partial charge >= 0.3 is 0 Å². The molecule has 0 saturated heterocycles. The van der Waals surface area contributed by atoms with Crippen molar-refractivity contribution in [2.24, 2.45) is 5.11 Å². The molecule has 1 aromatic rings. The molecule has 0 aliphatic rings. The minimum absolute atomic E-state index is 0.455. The van der Waals surface area contributed by atoms with Crippen LogP contribution < -0.4 is 0 Å². The highest BCUT2D eigenvalue weighted by molar-refractivity contribution is 5.74. The molecule has 0 saturated carbocycles. The molecule has 0 unspecified atom stereocenters. The molecule has 1 aromatic carbocycles. The van der Waals surface area contributed by atoms with Gasteiger partial charge in [0.05, 0.1) is 0 Å². The van der Waals surface area contributed by atoms with E-state index in [0.29, 0.717) is 18.5 Å². The number of carbonyl (C=O) groups is 1. The molecule has 0 amide bonds. The lowest BCUT2D eigenvalue weighted by Gasteiger charge is -1.96. The van der Waals surface area contributed by atoms with Crippen molar-refractivity contribution in [1.82, 2.24) is 0 Å². The van der Waals surface area contributed by atoms with E-state index in [4.69, 9.17) is 5.53 Å². The van der Waals surface area contributed by atoms with Crippen molar-refractivity contribution in [3.8, 4) is 0 Å². The zero-order valence-corrected chi connectivity index (χ0v) is 7.05. The van der Waals surface area contributed by atoms with Crippen molar-refractivity contribution in [1.29, 1.82) is 0 Å². The Hall–Kier alpha value is -1.80. The van der Waals surface area contributed by atoms with Crippen LogP contribution in [-0.2, 0) is 6.42 Å². The Morgan fingerprint density at radius 1 is 1.38 bits per heavy atom. The maximum absolute atomic E-state index is 10.3. The molecule has 4 heteroatoms. The lowest BCUT2D eigenvalue weighted by Crippen LogP contribution is -1.88. The summed E-state index contributed by atoms with van der Waals surface area (Å²) >= 11 is 0. The largest absolute Gasteiger partial charge is 0.298 e. The van der Waals surface area contributed by atoms with Gasteiger partial charge in [-0.05, 0) is 17.5 Å². The third-order valence-electron chi connectivity index (χ3n) is 1.68. The van der Waals surface area contributed by atoms with E-state index in [9.17, 15) is 4.79 Å². The van der Waals surface area contributed by atoms with Gasteiger partial charge < -0.3 is 0 Å². The molecule has 0 fully saturated rings. The Balaban J connectivity index is 2.58. The second-order valence-corrected chi connectivity index (χ2v) is 2.56. The standard InChI is InChI=1S/C9H9N3O/c10-12-11-6-5-8-1-3-9(7-13)4-2-8/h1-4,7H,5-6H2. The first-order chi connectivity index (χ1) is 6.36. The van der Waals surface area contributed by atoms with Gasteiger partial charge in [0.25, 0.3) is 0 Å². The van der Waals surface area contributed by atoms with Crippen LogP contribution in [0.2, 0.25) is 0 Å². The molecule has 4 nitrogen and oxygen atoms in total. The number of aldehydes is 1. The lowest BCUT2D eigenvalue weighted by atomic mass is 10.1. The summed E-state index contributed by atoms with van der Waals surface area (Å²) < 4.78 is 0. The fourth-order valence-electron chi connectivity index (χ4n) is 0.987. The van der Waals surface area contributed by atoms with Gasteiger partial charge in [-0.2, -0.15) is 0 Å². The lowest BCUT2D eigenvalue weighted by molar-refractivity contribution is 0.112. The zero-order chi connectivity index (χ0) is 9.52. The van der Waals surface area contributed by atoms with Crippen LogP contribution in [0, 0.1) is 0 Å². The molecule has 0 heterocycles. The number of benzene rings is 1. The summed E-state index contributed by atoms with van der Waals surface area (Å²) in [5.74, 6) is 0. The predicted molar refractivity (Wildman–Crippen MR) is 49.5 cm³/mol. The molecule has 0 aliphatic heterocycles. The SMILES string of the molecule is [N-]=[N+]=NCCc1ccc(C=O)cc1. The second kappa shape index (κ2) is 4.95. The van der Waals surface area contributed by atoms with Crippen LogP contribution in [0.3, 0.4) is 0 Å².